The molecule has 0 bridgehead atoms. The van der Waals surface area contributed by atoms with Crippen molar-refractivity contribution in [2.45, 2.75) is 18.4 Å². The lowest BCUT2D eigenvalue weighted by atomic mass is 9.77. The third-order valence-corrected chi connectivity index (χ3v) is 5.58. The van der Waals surface area contributed by atoms with Crippen LogP contribution in [0.5, 0.6) is 5.75 Å². The molecule has 2 aromatic carbocycles. The van der Waals surface area contributed by atoms with Crippen molar-refractivity contribution in [2.75, 3.05) is 12.4 Å². The molecule has 23 heavy (non-hydrogen) atoms. The number of anilines is 1. The number of benzene rings is 2. The number of rotatable bonds is 2. The van der Waals surface area contributed by atoms with Crippen molar-refractivity contribution in [3.05, 3.63) is 69.2 Å². The van der Waals surface area contributed by atoms with Crippen molar-refractivity contribution in [1.29, 1.82) is 0 Å². The fraction of sp³-hybridized carbons (Fsp3) is 0.263. The maximum Gasteiger partial charge on any atom is 0.124 e. The van der Waals surface area contributed by atoms with E-state index in [2.05, 4.69) is 51.6 Å². The van der Waals surface area contributed by atoms with Gasteiger partial charge in [0.05, 0.1) is 13.2 Å². The van der Waals surface area contributed by atoms with Crippen LogP contribution < -0.4 is 10.1 Å². The number of ether oxygens (including phenoxy) is 1. The highest BCUT2D eigenvalue weighted by atomic mass is 79.9. The molecule has 1 N–H and O–H groups in total. The molecule has 1 aliphatic carbocycles. The van der Waals surface area contributed by atoms with Crippen LogP contribution in [0.2, 0.25) is 5.02 Å². The second-order valence-electron chi connectivity index (χ2n) is 6.09. The standard InChI is InChI=1S/C19H17BrClNO/c1-23-18-8-5-11(20)9-16(18)19-14-4-2-3-13(14)15-10-12(21)6-7-17(15)22-19/h2-3,5-10,13-14,19,22H,4H2,1H3/t13-,14+,19-/m0/s1. The Morgan fingerprint density at radius 1 is 1.17 bits per heavy atom. The van der Waals surface area contributed by atoms with E-state index in [-0.39, 0.29) is 6.04 Å². The van der Waals surface area contributed by atoms with E-state index in [1.54, 1.807) is 7.11 Å². The third kappa shape index (κ3) is 2.56. The quantitative estimate of drug-likeness (QED) is 0.641. The molecule has 0 radical (unpaired) electrons. The summed E-state index contributed by atoms with van der Waals surface area (Å²) in [6.07, 6.45) is 5.66. The van der Waals surface area contributed by atoms with E-state index in [1.165, 1.54) is 11.1 Å². The first kappa shape index (κ1) is 15.1. The van der Waals surface area contributed by atoms with Crippen molar-refractivity contribution < 1.29 is 4.74 Å². The molecule has 4 rings (SSSR count). The van der Waals surface area contributed by atoms with Crippen LogP contribution in [0.25, 0.3) is 0 Å². The van der Waals surface area contributed by atoms with Gasteiger partial charge in [0.15, 0.2) is 0 Å². The predicted octanol–water partition coefficient (Wildman–Crippen LogP) is 5.94. The van der Waals surface area contributed by atoms with Crippen molar-refractivity contribution in [3.63, 3.8) is 0 Å². The number of allylic oxidation sites excluding steroid dienone is 2. The van der Waals surface area contributed by atoms with E-state index in [0.717, 1.165) is 27.4 Å². The van der Waals surface area contributed by atoms with Gasteiger partial charge in [-0.15, -0.1) is 0 Å². The zero-order valence-corrected chi connectivity index (χ0v) is 15.1. The lowest BCUT2D eigenvalue weighted by molar-refractivity contribution is 0.381. The van der Waals surface area contributed by atoms with E-state index in [9.17, 15) is 0 Å². The highest BCUT2D eigenvalue weighted by Crippen LogP contribution is 2.51. The summed E-state index contributed by atoms with van der Waals surface area (Å²) >= 11 is 9.80. The Balaban J connectivity index is 1.82. The van der Waals surface area contributed by atoms with Crippen LogP contribution in [0.1, 0.15) is 29.5 Å². The molecular formula is C19H17BrClNO. The summed E-state index contributed by atoms with van der Waals surface area (Å²) in [5.74, 6) is 1.80. The van der Waals surface area contributed by atoms with Crippen molar-refractivity contribution in [3.8, 4) is 5.75 Å². The highest BCUT2D eigenvalue weighted by Gasteiger charge is 2.39. The van der Waals surface area contributed by atoms with E-state index >= 15 is 0 Å². The largest absolute Gasteiger partial charge is 0.496 e. The maximum absolute atomic E-state index is 6.21. The van der Waals surface area contributed by atoms with Crippen molar-refractivity contribution in [1.82, 2.24) is 0 Å². The van der Waals surface area contributed by atoms with Gasteiger partial charge >= 0.3 is 0 Å². The maximum atomic E-state index is 6.21. The normalized spacial score (nSPS) is 24.7. The second-order valence-corrected chi connectivity index (χ2v) is 7.45. The van der Waals surface area contributed by atoms with E-state index < -0.39 is 0 Å². The first-order chi connectivity index (χ1) is 11.2. The van der Waals surface area contributed by atoms with Gasteiger partial charge in [0.2, 0.25) is 0 Å². The van der Waals surface area contributed by atoms with Crippen LogP contribution in [-0.4, -0.2) is 7.11 Å². The van der Waals surface area contributed by atoms with E-state index in [1.807, 2.05) is 18.2 Å². The van der Waals surface area contributed by atoms with Gasteiger partial charge in [-0.05, 0) is 54.3 Å². The number of hydrogen-bond donors (Lipinski definition) is 1. The lowest BCUT2D eigenvalue weighted by Crippen LogP contribution is -2.29. The van der Waals surface area contributed by atoms with Crippen LogP contribution in [0, 0.1) is 5.92 Å². The molecule has 0 unspecified atom stereocenters. The zero-order chi connectivity index (χ0) is 16.0. The molecule has 2 nitrogen and oxygen atoms in total. The van der Waals surface area contributed by atoms with Gasteiger partial charge in [0, 0.05) is 26.7 Å². The first-order valence-corrected chi connectivity index (χ1v) is 8.90. The molecule has 3 atom stereocenters. The van der Waals surface area contributed by atoms with Gasteiger partial charge in [-0.25, -0.2) is 0 Å². The zero-order valence-electron chi connectivity index (χ0n) is 12.7. The van der Waals surface area contributed by atoms with Gasteiger partial charge in [-0.1, -0.05) is 39.7 Å². The van der Waals surface area contributed by atoms with Gasteiger partial charge < -0.3 is 10.1 Å². The average Bonchev–Trinajstić information content (AvgIpc) is 3.04. The molecule has 1 aliphatic heterocycles. The number of fused-ring (bicyclic) bond motifs is 3. The van der Waals surface area contributed by atoms with Crippen molar-refractivity contribution >= 4 is 33.2 Å². The Labute approximate surface area is 149 Å². The SMILES string of the molecule is COc1ccc(Br)cc1[C@H]1Nc2ccc(Cl)cc2[C@H]2C=CC[C@H]21. The minimum absolute atomic E-state index is 0.219. The number of halogens is 2. The van der Waals surface area contributed by atoms with Gasteiger partial charge in [0.25, 0.3) is 0 Å². The van der Waals surface area contributed by atoms with Crippen LogP contribution in [0.4, 0.5) is 5.69 Å². The summed E-state index contributed by atoms with van der Waals surface area (Å²) in [6.45, 7) is 0. The Hall–Kier alpha value is -1.45. The van der Waals surface area contributed by atoms with Crippen LogP contribution in [0.3, 0.4) is 0 Å². The number of hydrogen-bond acceptors (Lipinski definition) is 2. The number of nitrogens with one attached hydrogen (secondary N) is 1. The summed E-state index contributed by atoms with van der Waals surface area (Å²) in [4.78, 5) is 0. The minimum atomic E-state index is 0.219. The van der Waals surface area contributed by atoms with Crippen LogP contribution in [-0.2, 0) is 0 Å². The van der Waals surface area contributed by atoms with E-state index in [0.29, 0.717) is 11.8 Å². The topological polar surface area (TPSA) is 21.3 Å². The summed E-state index contributed by atoms with van der Waals surface area (Å²) in [5.41, 5.74) is 3.65. The molecule has 1 heterocycles. The van der Waals surface area contributed by atoms with Gasteiger partial charge in [-0.3, -0.25) is 0 Å². The molecule has 0 amide bonds. The van der Waals surface area contributed by atoms with E-state index in [4.69, 9.17) is 16.3 Å². The molecule has 0 aromatic heterocycles. The van der Waals surface area contributed by atoms with Gasteiger partial charge in [0.1, 0.15) is 5.75 Å². The third-order valence-electron chi connectivity index (χ3n) is 4.85. The second kappa shape index (κ2) is 5.88. The molecule has 2 aromatic rings. The molecule has 0 spiro atoms. The summed E-state index contributed by atoms with van der Waals surface area (Å²) < 4.78 is 6.68. The predicted molar refractivity (Wildman–Crippen MR) is 98.5 cm³/mol. The lowest BCUT2D eigenvalue weighted by Gasteiger charge is -2.38. The van der Waals surface area contributed by atoms with Crippen LogP contribution in [0.15, 0.2) is 53.0 Å². The van der Waals surface area contributed by atoms with Crippen LogP contribution >= 0.6 is 27.5 Å². The minimum Gasteiger partial charge on any atom is -0.496 e. The monoisotopic (exact) mass is 389 g/mol. The summed E-state index contributed by atoms with van der Waals surface area (Å²) in [6, 6.07) is 12.5. The fourth-order valence-electron chi connectivity index (χ4n) is 3.82. The molecule has 0 saturated heterocycles. The average molecular weight is 391 g/mol. The fourth-order valence-corrected chi connectivity index (χ4v) is 4.38. The highest BCUT2D eigenvalue weighted by molar-refractivity contribution is 9.10. The Morgan fingerprint density at radius 3 is 2.87 bits per heavy atom. The Morgan fingerprint density at radius 2 is 2.04 bits per heavy atom. The Kier molecular flexibility index (Phi) is 3.86. The number of methoxy groups -OCH3 is 1. The molecule has 0 saturated carbocycles. The molecule has 4 heteroatoms. The molecule has 118 valence electrons. The molecule has 2 aliphatic rings. The van der Waals surface area contributed by atoms with Gasteiger partial charge in [-0.2, -0.15) is 0 Å². The molecule has 0 fully saturated rings. The smallest absolute Gasteiger partial charge is 0.124 e. The first-order valence-electron chi connectivity index (χ1n) is 7.73. The Bertz CT molecular complexity index is 789. The molecular weight excluding hydrogens is 374 g/mol. The van der Waals surface area contributed by atoms with Crippen molar-refractivity contribution in [2.24, 2.45) is 5.92 Å². The summed E-state index contributed by atoms with van der Waals surface area (Å²) in [7, 11) is 1.73. The summed E-state index contributed by atoms with van der Waals surface area (Å²) in [5, 5.41) is 4.51.